The van der Waals surface area contributed by atoms with Crippen molar-refractivity contribution in [3.05, 3.63) is 60.4 Å². The lowest BCUT2D eigenvalue weighted by Gasteiger charge is -2.29. The lowest BCUT2D eigenvalue weighted by Crippen LogP contribution is -2.38. The predicted molar refractivity (Wildman–Crippen MR) is 187 cm³/mol. The maximum absolute atomic E-state index is 13.1. The van der Waals surface area contributed by atoms with E-state index < -0.39 is 11.2 Å². The summed E-state index contributed by atoms with van der Waals surface area (Å²) < 4.78 is 11.5. The van der Waals surface area contributed by atoms with Gasteiger partial charge < -0.3 is 19.4 Å². The first kappa shape index (κ1) is 31.0. The summed E-state index contributed by atoms with van der Waals surface area (Å²) in [7, 11) is 0. The molecule has 5 aromatic rings. The molecule has 4 aliphatic rings. The number of nitrogens with one attached hydrogen (secondary N) is 2. The molecule has 2 aliphatic heterocycles. The van der Waals surface area contributed by atoms with Crippen molar-refractivity contribution >= 4 is 34.3 Å². The van der Waals surface area contributed by atoms with Crippen LogP contribution in [0.3, 0.4) is 0 Å². The monoisotopic (exact) mass is 674 g/mol. The number of nitrogens with zero attached hydrogens (tertiary/aromatic N) is 6. The highest BCUT2D eigenvalue weighted by molar-refractivity contribution is 5.87. The van der Waals surface area contributed by atoms with Crippen molar-refractivity contribution < 1.29 is 19.1 Å². The molecule has 12 nitrogen and oxygen atoms in total. The summed E-state index contributed by atoms with van der Waals surface area (Å²) in [5, 5.41) is 0. The molecular formula is C38H42N8O4. The zero-order valence-corrected chi connectivity index (χ0v) is 29.2. The van der Waals surface area contributed by atoms with Gasteiger partial charge in [-0.05, 0) is 114 Å². The summed E-state index contributed by atoms with van der Waals surface area (Å²) in [5.74, 6) is 2.56. The van der Waals surface area contributed by atoms with Crippen LogP contribution in [0.2, 0.25) is 0 Å². The molecule has 12 heteroatoms. The van der Waals surface area contributed by atoms with Gasteiger partial charge in [0.25, 0.3) is 0 Å². The molecule has 2 N–H and O–H groups in total. The van der Waals surface area contributed by atoms with Gasteiger partial charge in [0.1, 0.15) is 28.5 Å². The van der Waals surface area contributed by atoms with Crippen molar-refractivity contribution in [1.29, 1.82) is 0 Å². The minimum Gasteiger partial charge on any atom is -0.444 e. The number of likely N-dealkylation sites (tertiary alicyclic amines) is 2. The first-order valence-corrected chi connectivity index (χ1v) is 17.6. The van der Waals surface area contributed by atoms with E-state index >= 15 is 0 Å². The fraction of sp³-hybridized carbons (Fsp3) is 0.474. The smallest absolute Gasteiger partial charge is 0.411 e. The number of piperidine rings is 2. The Labute approximate surface area is 290 Å². The Morgan fingerprint density at radius 3 is 1.92 bits per heavy atom. The average molecular weight is 675 g/mol. The van der Waals surface area contributed by atoms with E-state index in [0.717, 1.165) is 76.2 Å². The highest BCUT2D eigenvalue weighted by atomic mass is 16.6. The second-order valence-corrected chi connectivity index (χ2v) is 16.4. The van der Waals surface area contributed by atoms with Crippen LogP contribution in [0.4, 0.5) is 9.59 Å². The molecule has 2 aromatic carbocycles. The largest absolute Gasteiger partial charge is 0.444 e. The van der Waals surface area contributed by atoms with Gasteiger partial charge in [0.2, 0.25) is 0 Å². The molecule has 2 amide bonds. The van der Waals surface area contributed by atoms with Crippen molar-refractivity contribution in [2.24, 2.45) is 11.8 Å². The number of imidazole rings is 2. The number of hydrogen-bond donors (Lipinski definition) is 2. The molecule has 0 unspecified atom stereocenters. The minimum atomic E-state index is -0.554. The Kier molecular flexibility index (Phi) is 6.67. The van der Waals surface area contributed by atoms with E-state index in [0.29, 0.717) is 17.5 Å². The number of aromatic amines is 2. The number of benzene rings is 2. The molecule has 3 aromatic heterocycles. The summed E-state index contributed by atoms with van der Waals surface area (Å²) in [5.41, 5.74) is 5.72. The van der Waals surface area contributed by atoms with Gasteiger partial charge in [-0.15, -0.1) is 0 Å². The quantitative estimate of drug-likeness (QED) is 0.198. The van der Waals surface area contributed by atoms with Crippen LogP contribution in [-0.2, 0) is 9.47 Å². The number of carbonyl (C=O) groups is 2. The maximum Gasteiger partial charge on any atom is 0.411 e. The van der Waals surface area contributed by atoms with Crippen LogP contribution >= 0.6 is 0 Å². The number of carbonyl (C=O) groups excluding carboxylic acids is 2. The van der Waals surface area contributed by atoms with Crippen molar-refractivity contribution in [1.82, 2.24) is 39.7 Å². The number of amides is 2. The molecule has 5 heterocycles. The molecule has 2 aliphatic carbocycles. The van der Waals surface area contributed by atoms with Gasteiger partial charge in [-0.3, -0.25) is 14.8 Å². The van der Waals surface area contributed by atoms with E-state index in [2.05, 4.69) is 33.2 Å². The number of ether oxygens (including phenoxy) is 2. The number of aromatic nitrogens is 6. The van der Waals surface area contributed by atoms with Gasteiger partial charge in [0.05, 0.1) is 52.2 Å². The van der Waals surface area contributed by atoms with Gasteiger partial charge in [-0.2, -0.15) is 0 Å². The highest BCUT2D eigenvalue weighted by Gasteiger charge is 2.57. The standard InChI is InChI=1S/C38H42N8O4/c1-37(2,3)49-35(47)45-29-13-21(29)15-31(45)33-40-18-28(44-33)27-17-39-25-11-19(7-9-23(25)41-27)20-8-10-24-26(12-20)43-34(42-24)32-16-22-14-30(22)46(32)36(48)50-38(4,5)6/h7-12,17-18,21-22,29-32H,13-16H2,1-6H3,(H,40,44)(H,42,43)/t21-,22-,29-,30-,31-,32+/m1/s1. The molecule has 258 valence electrons. The van der Waals surface area contributed by atoms with E-state index in [4.69, 9.17) is 24.4 Å². The van der Waals surface area contributed by atoms with E-state index in [9.17, 15) is 9.59 Å². The summed E-state index contributed by atoms with van der Waals surface area (Å²) in [6, 6.07) is 12.5. The zero-order valence-electron chi connectivity index (χ0n) is 29.2. The molecule has 0 bridgehead atoms. The Morgan fingerprint density at radius 2 is 1.28 bits per heavy atom. The van der Waals surface area contributed by atoms with Crippen LogP contribution in [-0.4, -0.2) is 75.2 Å². The van der Waals surface area contributed by atoms with Crippen molar-refractivity contribution in [2.45, 2.75) is 103 Å². The molecule has 4 fully saturated rings. The molecule has 6 atom stereocenters. The lowest BCUT2D eigenvalue weighted by molar-refractivity contribution is 0.0164. The van der Waals surface area contributed by atoms with Gasteiger partial charge in [-0.1, -0.05) is 12.1 Å². The molecular weight excluding hydrogens is 632 g/mol. The van der Waals surface area contributed by atoms with Gasteiger partial charge >= 0.3 is 12.2 Å². The Bertz CT molecular complexity index is 2180. The third kappa shape index (κ3) is 5.54. The molecule has 0 spiro atoms. The van der Waals surface area contributed by atoms with E-state index in [1.54, 1.807) is 12.4 Å². The number of fused-ring (bicyclic) bond motifs is 4. The second-order valence-electron chi connectivity index (χ2n) is 16.4. The third-order valence-corrected chi connectivity index (χ3v) is 10.3. The molecule has 50 heavy (non-hydrogen) atoms. The summed E-state index contributed by atoms with van der Waals surface area (Å²) in [6.07, 6.45) is 6.80. The molecule has 0 radical (unpaired) electrons. The Balaban J connectivity index is 0.937. The van der Waals surface area contributed by atoms with Gasteiger partial charge in [-0.25, -0.2) is 24.5 Å². The summed E-state index contributed by atoms with van der Waals surface area (Å²) in [6.45, 7) is 11.4. The van der Waals surface area contributed by atoms with Crippen LogP contribution in [0.5, 0.6) is 0 Å². The third-order valence-electron chi connectivity index (χ3n) is 10.3. The number of hydrogen-bond acceptors (Lipinski definition) is 8. The van der Waals surface area contributed by atoms with Crippen LogP contribution in [0.1, 0.15) is 91.0 Å². The maximum atomic E-state index is 13.1. The fourth-order valence-corrected chi connectivity index (χ4v) is 7.88. The van der Waals surface area contributed by atoms with Crippen LogP contribution < -0.4 is 0 Å². The number of rotatable bonds is 4. The van der Waals surface area contributed by atoms with Gasteiger partial charge in [0, 0.05) is 12.1 Å². The molecule has 2 saturated heterocycles. The number of H-pyrrole nitrogens is 2. The topological polar surface area (TPSA) is 142 Å². The normalized spacial score (nSPS) is 25.6. The Morgan fingerprint density at radius 1 is 0.680 bits per heavy atom. The van der Waals surface area contributed by atoms with Crippen molar-refractivity contribution in [2.75, 3.05) is 0 Å². The first-order valence-electron chi connectivity index (χ1n) is 17.6. The van der Waals surface area contributed by atoms with Crippen LogP contribution in [0.25, 0.3) is 44.6 Å². The zero-order chi connectivity index (χ0) is 34.7. The van der Waals surface area contributed by atoms with Crippen molar-refractivity contribution in [3.8, 4) is 22.5 Å². The first-order chi connectivity index (χ1) is 23.8. The SMILES string of the molecule is CC(C)(C)OC(=O)N1[C@@H](c2ncc(-c3cnc4cc(-c5ccc6nc([C@@H]7C[C@H]8C[C@H]8N7C(=O)OC(C)(C)C)[nH]c6c5)ccc4n3)[nH]2)C[C@H]2C[C@H]21. The van der Waals surface area contributed by atoms with Crippen LogP contribution in [0, 0.1) is 11.8 Å². The van der Waals surface area contributed by atoms with E-state index in [1.807, 2.05) is 69.5 Å². The molecule has 2 saturated carbocycles. The van der Waals surface area contributed by atoms with E-state index in [-0.39, 0.29) is 36.4 Å². The van der Waals surface area contributed by atoms with Crippen LogP contribution in [0.15, 0.2) is 48.8 Å². The lowest BCUT2D eigenvalue weighted by atomic mass is 10.0. The Hall–Kier alpha value is -5.00. The van der Waals surface area contributed by atoms with Gasteiger partial charge in [0.15, 0.2) is 0 Å². The second kappa shape index (κ2) is 10.7. The highest BCUT2D eigenvalue weighted by Crippen LogP contribution is 2.54. The fourth-order valence-electron chi connectivity index (χ4n) is 7.88. The average Bonchev–Trinajstić information content (AvgIpc) is 3.67. The summed E-state index contributed by atoms with van der Waals surface area (Å²) >= 11 is 0. The molecule has 9 rings (SSSR count). The minimum absolute atomic E-state index is 0.117. The predicted octanol–water partition coefficient (Wildman–Crippen LogP) is 7.70. The van der Waals surface area contributed by atoms with E-state index in [1.165, 1.54) is 0 Å². The van der Waals surface area contributed by atoms with Crippen molar-refractivity contribution in [3.63, 3.8) is 0 Å². The summed E-state index contributed by atoms with van der Waals surface area (Å²) in [4.78, 5) is 56.1.